The minimum atomic E-state index is -3.74. The Kier molecular flexibility index (Phi) is 0.935. The third-order valence-corrected chi connectivity index (χ3v) is 76.5. The third kappa shape index (κ3) is 0.254. The van der Waals surface area contributed by atoms with E-state index in [1.54, 1.807) is 10.6 Å². The van der Waals surface area contributed by atoms with Crippen molar-refractivity contribution < 1.29 is 6.51 Å². The van der Waals surface area contributed by atoms with Gasteiger partial charge < -0.3 is 0 Å². The summed E-state index contributed by atoms with van der Waals surface area (Å²) in [5.41, 5.74) is 0. The molecule has 0 N–H and O–H groups in total. The van der Waals surface area contributed by atoms with Crippen LogP contribution in [0.2, 0.25) is 38.0 Å². The molecule has 156 valence electrons. The number of hydrogen-bond donors (Lipinski definition) is 0. The van der Waals surface area contributed by atoms with Crippen LogP contribution in [0.15, 0.2) is 60.7 Å². The van der Waals surface area contributed by atoms with Crippen LogP contribution in [0, 0.1) is 0 Å². The van der Waals surface area contributed by atoms with Crippen molar-refractivity contribution in [1.82, 2.24) is 4.90 Å². The Morgan fingerprint density at radius 1 is 0.833 bits per heavy atom. The molecule has 12 rings (SSSR count). The first-order valence-corrected chi connectivity index (χ1v) is 20.0. The van der Waals surface area contributed by atoms with Gasteiger partial charge >= 0.3 is 179 Å². The van der Waals surface area contributed by atoms with E-state index in [1.165, 1.54) is 33.7 Å². The molecule has 4 heteroatoms. The van der Waals surface area contributed by atoms with Gasteiger partial charge in [0.1, 0.15) is 0 Å². The molecule has 0 amide bonds. The second kappa shape index (κ2) is 1.89. The van der Waals surface area contributed by atoms with Crippen LogP contribution >= 0.6 is 23.9 Å². The average molecular weight is 520 g/mol. The zero-order valence-corrected chi connectivity index (χ0v) is 21.1. The van der Waals surface area contributed by atoms with Crippen molar-refractivity contribution in [2.75, 3.05) is 14.1 Å². The van der Waals surface area contributed by atoms with Crippen molar-refractivity contribution in [2.24, 2.45) is 0 Å². The Hall–Kier alpha value is -0.171. The van der Waals surface area contributed by atoms with Gasteiger partial charge in [-0.25, -0.2) is 0 Å². The van der Waals surface area contributed by atoms with Crippen LogP contribution in [0.25, 0.3) is 0 Å². The molecule has 6 unspecified atom stereocenters. The maximum atomic E-state index is 4.83. The van der Waals surface area contributed by atoms with Gasteiger partial charge in [0.2, 0.25) is 0 Å². The molecule has 10 aliphatic heterocycles. The molecule has 10 aliphatic rings. The van der Waals surface area contributed by atoms with Gasteiger partial charge in [0.15, 0.2) is 0 Å². The van der Waals surface area contributed by atoms with E-state index >= 15 is 0 Å². The van der Waals surface area contributed by atoms with Gasteiger partial charge in [-0.1, -0.05) is 0 Å². The fraction of sp³-hybridized carbons (Fsp3) is 0.538. The number of rotatable bonds is 5. The van der Waals surface area contributed by atoms with Crippen molar-refractivity contribution in [3.63, 3.8) is 0 Å². The van der Waals surface area contributed by atoms with E-state index in [-0.39, 0.29) is 7.92 Å². The second-order valence-electron chi connectivity index (χ2n) is 14.4. The summed E-state index contributed by atoms with van der Waals surface area (Å²) in [5, 5.41) is 3.38. The molecular weight excluding hydrogens is 493 g/mol. The molecule has 0 bridgehead atoms. The summed E-state index contributed by atoms with van der Waals surface area (Å²) < 4.78 is 2.13. The van der Waals surface area contributed by atoms with Crippen LogP contribution in [0.3, 0.4) is 0 Å². The van der Waals surface area contributed by atoms with Crippen molar-refractivity contribution in [2.45, 2.75) is 58.3 Å². The van der Waals surface area contributed by atoms with Gasteiger partial charge in [0, 0.05) is 0 Å². The summed E-state index contributed by atoms with van der Waals surface area (Å²) >= 11 is 4.83. The summed E-state index contributed by atoms with van der Waals surface area (Å²) in [7, 11) is 4.51. The van der Waals surface area contributed by atoms with E-state index < -0.39 is 6.51 Å². The molecule has 0 saturated carbocycles. The standard InChI is InChI=1S/C21H22BrNP.C5H5.Fe/c1-16(23(2)3)19-14-15-20(22)21(19)24(17-10-6-4-7-11-17)18-12-8-5-9-13-18;1-2-4-5-3-1;/h4-16H,1-3H3;1-5H;. The van der Waals surface area contributed by atoms with Gasteiger partial charge in [-0.05, 0) is 0 Å². The summed E-state index contributed by atoms with van der Waals surface area (Å²) in [6, 6.07) is 24.6. The SMILES string of the molecule is CC(N(C)C)[C]12[CH]3[CH]4[C]5(Br)[C]1(P(c1ccccc1)c1ccccc1)[Fe]43521678[CH]2[CH]1[CH]6[CH]7[CH]28. The van der Waals surface area contributed by atoms with Crippen LogP contribution in [0.1, 0.15) is 6.92 Å². The van der Waals surface area contributed by atoms with E-state index in [0.29, 0.717) is 7.28 Å². The van der Waals surface area contributed by atoms with Crippen LogP contribution < -0.4 is 10.6 Å². The fourth-order valence-corrected chi connectivity index (χ4v) is 126. The van der Waals surface area contributed by atoms with E-state index in [9.17, 15) is 0 Å². The van der Waals surface area contributed by atoms with Gasteiger partial charge in [-0.2, -0.15) is 0 Å². The average Bonchev–Trinajstić information content (AvgIpc) is 3.72. The van der Waals surface area contributed by atoms with Crippen molar-refractivity contribution in [3.05, 3.63) is 60.7 Å². The zero-order valence-electron chi connectivity index (χ0n) is 17.5. The molecule has 10 fully saturated rings. The van der Waals surface area contributed by atoms with Gasteiger partial charge in [-0.3, -0.25) is 0 Å². The Morgan fingerprint density at radius 2 is 1.30 bits per heavy atom. The summed E-state index contributed by atoms with van der Waals surface area (Å²) in [5.74, 6) is 0. The summed E-state index contributed by atoms with van der Waals surface area (Å²) in [6.45, 7) is -1.07. The van der Waals surface area contributed by atoms with Crippen molar-refractivity contribution in [1.29, 1.82) is 0 Å². The molecule has 30 heavy (non-hydrogen) atoms. The summed E-state index contributed by atoms with van der Waals surface area (Å²) in [6.07, 6.45) is 0. The molecule has 0 aliphatic carbocycles. The normalized spacial score (nSPS) is 78.9. The molecule has 2 aromatic rings. The number of halogens is 1. The van der Waals surface area contributed by atoms with E-state index in [1.807, 2.05) is 0 Å². The van der Waals surface area contributed by atoms with Gasteiger partial charge in [-0.15, -0.1) is 0 Å². The molecule has 2 aromatic carbocycles. The first-order chi connectivity index (χ1) is 14.3. The van der Waals surface area contributed by atoms with Crippen LogP contribution in [0.4, 0.5) is 0 Å². The second-order valence-corrected chi connectivity index (χ2v) is 42.0. The molecule has 10 saturated heterocycles. The van der Waals surface area contributed by atoms with E-state index in [0.717, 1.165) is 10.4 Å². The van der Waals surface area contributed by atoms with Crippen LogP contribution in [0.5, 0.6) is 0 Å². The van der Waals surface area contributed by atoms with Gasteiger partial charge in [0.05, 0.1) is 0 Å². The Labute approximate surface area is 178 Å². The molecule has 6 atom stereocenters. The molecule has 0 aromatic heterocycles. The molecule has 1 nitrogen and oxygen atoms in total. The van der Waals surface area contributed by atoms with Crippen LogP contribution in [-0.4, -0.2) is 32.3 Å². The first kappa shape index (κ1) is 14.9. The zero-order chi connectivity index (χ0) is 19.8. The minimum absolute atomic E-state index is 0.296. The molecular formula is C26H27BrFeNP. The number of hydrogen-bond acceptors (Lipinski definition) is 1. The van der Waals surface area contributed by atoms with Crippen molar-refractivity contribution >= 4 is 34.5 Å². The number of benzene rings is 2. The summed E-state index contributed by atoms with van der Waals surface area (Å²) in [4.78, 5) is 11.5. The van der Waals surface area contributed by atoms with E-state index in [2.05, 4.69) is 86.6 Å². The molecule has 1 spiro atoms. The number of alkyl halides is 1. The quantitative estimate of drug-likeness (QED) is 0.264. The predicted octanol–water partition coefficient (Wildman–Crippen LogP) is 6.04. The van der Waals surface area contributed by atoms with Crippen LogP contribution in [-0.2, 0) is 6.51 Å². The third-order valence-electron chi connectivity index (χ3n) is 18.6. The number of nitrogens with zero attached hydrogens (tertiary/aromatic N) is 1. The van der Waals surface area contributed by atoms with Crippen molar-refractivity contribution in [3.8, 4) is 0 Å². The Bertz CT molecular complexity index is 1620. The maximum absolute atomic E-state index is 4.83. The Morgan fingerprint density at radius 3 is 1.67 bits per heavy atom. The molecule has 0 radical (unpaired) electrons. The first-order valence-electron chi connectivity index (χ1n) is 11.7. The molecule has 10 heterocycles. The Balaban J connectivity index is 1.31. The topological polar surface area (TPSA) is 3.24 Å². The predicted molar refractivity (Wildman–Crippen MR) is 126 cm³/mol. The fourth-order valence-electron chi connectivity index (χ4n) is 20.5. The van der Waals surface area contributed by atoms with E-state index in [4.69, 9.17) is 15.9 Å². The number of fused-ring (bicyclic) bond motifs is 10. The van der Waals surface area contributed by atoms with Gasteiger partial charge in [0.25, 0.3) is 0 Å². The monoisotopic (exact) mass is 519 g/mol.